The Morgan fingerprint density at radius 2 is 1.92 bits per heavy atom. The summed E-state index contributed by atoms with van der Waals surface area (Å²) in [5.74, 6) is -1.39. The normalized spacial score (nSPS) is 9.77. The van der Waals surface area contributed by atoms with Crippen molar-refractivity contribution in [2.45, 2.75) is 0 Å². The molecule has 0 fully saturated rings. The molecule has 3 nitrogen and oxygen atoms in total. The monoisotopic (exact) mass is 219 g/mol. The fourth-order valence-electron chi connectivity index (χ4n) is 0.923. The van der Waals surface area contributed by atoms with Crippen LogP contribution in [0.2, 0.25) is 10.0 Å². The number of carboxylic acid groups (broad SMARTS) is 1. The molecule has 0 atom stereocenters. The maximum Gasteiger partial charge on any atom is 0.147 e. The fraction of sp³-hybridized carbons (Fsp3) is 0.125. The summed E-state index contributed by atoms with van der Waals surface area (Å²) in [5, 5.41) is 10.8. The van der Waals surface area contributed by atoms with Gasteiger partial charge in [-0.2, -0.15) is 0 Å². The SMILES string of the molecule is COc1c(Cl)ccc(Cl)c1C(=O)[O-]. The lowest BCUT2D eigenvalue weighted by molar-refractivity contribution is -0.255. The molecule has 13 heavy (non-hydrogen) atoms. The molecule has 0 heterocycles. The van der Waals surface area contributed by atoms with E-state index in [0.29, 0.717) is 0 Å². The van der Waals surface area contributed by atoms with E-state index in [-0.39, 0.29) is 21.4 Å². The number of benzene rings is 1. The predicted molar refractivity (Wildman–Crippen MR) is 47.3 cm³/mol. The molecule has 0 aliphatic heterocycles. The van der Waals surface area contributed by atoms with Gasteiger partial charge in [-0.3, -0.25) is 0 Å². The van der Waals surface area contributed by atoms with Crippen LogP contribution >= 0.6 is 23.2 Å². The highest BCUT2D eigenvalue weighted by Crippen LogP contribution is 2.33. The van der Waals surface area contributed by atoms with Crippen LogP contribution in [0.1, 0.15) is 10.4 Å². The van der Waals surface area contributed by atoms with E-state index in [1.165, 1.54) is 19.2 Å². The van der Waals surface area contributed by atoms with Crippen molar-refractivity contribution in [1.29, 1.82) is 0 Å². The highest BCUT2D eigenvalue weighted by Gasteiger charge is 2.12. The minimum atomic E-state index is -1.41. The second-order valence-corrected chi connectivity index (χ2v) is 3.04. The Morgan fingerprint density at radius 1 is 1.38 bits per heavy atom. The van der Waals surface area contributed by atoms with Crippen LogP contribution in [0.4, 0.5) is 0 Å². The Bertz CT molecular complexity index is 349. The molecule has 0 unspecified atom stereocenters. The zero-order chi connectivity index (χ0) is 10.0. The Kier molecular flexibility index (Phi) is 3.01. The molecule has 0 radical (unpaired) electrons. The number of rotatable bonds is 2. The molecule has 0 saturated carbocycles. The molecule has 0 amide bonds. The first-order valence-electron chi connectivity index (χ1n) is 3.31. The number of carbonyl (C=O) groups is 1. The molecule has 1 aromatic rings. The van der Waals surface area contributed by atoms with E-state index in [4.69, 9.17) is 27.9 Å². The predicted octanol–water partition coefficient (Wildman–Crippen LogP) is 1.37. The fourth-order valence-corrected chi connectivity index (χ4v) is 1.38. The average molecular weight is 220 g/mol. The zero-order valence-electron chi connectivity index (χ0n) is 6.64. The Labute approximate surface area is 84.8 Å². The van der Waals surface area contributed by atoms with Gasteiger partial charge in [0.15, 0.2) is 0 Å². The summed E-state index contributed by atoms with van der Waals surface area (Å²) in [7, 11) is 1.31. The second-order valence-electron chi connectivity index (χ2n) is 2.22. The van der Waals surface area contributed by atoms with E-state index in [1.807, 2.05) is 0 Å². The molecule has 0 aliphatic rings. The summed E-state index contributed by atoms with van der Waals surface area (Å²) in [5.41, 5.74) is -0.225. The summed E-state index contributed by atoms with van der Waals surface area (Å²) in [6.07, 6.45) is 0. The van der Waals surface area contributed by atoms with Gasteiger partial charge in [0, 0.05) is 0 Å². The van der Waals surface area contributed by atoms with Crippen LogP contribution in [0.5, 0.6) is 5.75 Å². The third-order valence-corrected chi connectivity index (χ3v) is 2.08. The number of aromatic carboxylic acids is 1. The maximum atomic E-state index is 10.6. The lowest BCUT2D eigenvalue weighted by Crippen LogP contribution is -2.23. The average Bonchev–Trinajstić information content (AvgIpc) is 2.07. The summed E-state index contributed by atoms with van der Waals surface area (Å²) >= 11 is 11.3. The smallest absolute Gasteiger partial charge is 0.147 e. The first-order chi connectivity index (χ1) is 6.07. The number of hydrogen-bond donors (Lipinski definition) is 0. The van der Waals surface area contributed by atoms with E-state index in [9.17, 15) is 9.90 Å². The molecule has 0 bridgehead atoms. The first kappa shape index (κ1) is 10.2. The van der Waals surface area contributed by atoms with Crippen molar-refractivity contribution in [2.24, 2.45) is 0 Å². The van der Waals surface area contributed by atoms with E-state index in [2.05, 4.69) is 0 Å². The zero-order valence-corrected chi connectivity index (χ0v) is 8.15. The molecule has 0 aliphatic carbocycles. The molecule has 0 aromatic heterocycles. The van der Waals surface area contributed by atoms with Crippen LogP contribution in [-0.4, -0.2) is 13.1 Å². The molecule has 1 rings (SSSR count). The van der Waals surface area contributed by atoms with Crippen molar-refractivity contribution in [2.75, 3.05) is 7.11 Å². The van der Waals surface area contributed by atoms with Crippen molar-refractivity contribution in [3.8, 4) is 5.75 Å². The van der Waals surface area contributed by atoms with Gasteiger partial charge in [0.1, 0.15) is 5.75 Å². The standard InChI is InChI=1S/C8H6Cl2O3/c1-13-7-5(10)3-2-4(9)6(7)8(11)12/h2-3H,1H3,(H,11,12)/p-1. The number of methoxy groups -OCH3 is 1. The van der Waals surface area contributed by atoms with Crippen molar-refractivity contribution < 1.29 is 14.6 Å². The maximum absolute atomic E-state index is 10.6. The Hall–Kier alpha value is -0.930. The van der Waals surface area contributed by atoms with Gasteiger partial charge in [-0.25, -0.2) is 0 Å². The van der Waals surface area contributed by atoms with Crippen LogP contribution in [0.25, 0.3) is 0 Å². The van der Waals surface area contributed by atoms with Gasteiger partial charge in [0.25, 0.3) is 0 Å². The third-order valence-electron chi connectivity index (χ3n) is 1.47. The number of carbonyl (C=O) groups excluding carboxylic acids is 1. The molecule has 1 aromatic carbocycles. The van der Waals surface area contributed by atoms with Crippen LogP contribution in [0, 0.1) is 0 Å². The highest BCUT2D eigenvalue weighted by molar-refractivity contribution is 6.36. The molecule has 0 N–H and O–H groups in total. The van der Waals surface area contributed by atoms with Crippen molar-refractivity contribution in [3.63, 3.8) is 0 Å². The van der Waals surface area contributed by atoms with E-state index >= 15 is 0 Å². The molecular formula is C8H5Cl2O3-. The number of hydrogen-bond acceptors (Lipinski definition) is 3. The first-order valence-corrected chi connectivity index (χ1v) is 4.07. The van der Waals surface area contributed by atoms with Gasteiger partial charge in [-0.1, -0.05) is 23.2 Å². The van der Waals surface area contributed by atoms with Gasteiger partial charge in [-0.05, 0) is 12.1 Å². The summed E-state index contributed by atoms with van der Waals surface area (Å²) < 4.78 is 4.78. The minimum absolute atomic E-state index is 0.0224. The van der Waals surface area contributed by atoms with Crippen LogP contribution < -0.4 is 9.84 Å². The lowest BCUT2D eigenvalue weighted by Gasteiger charge is -2.12. The number of halogens is 2. The summed E-state index contributed by atoms with van der Waals surface area (Å²) in [6, 6.07) is 2.83. The van der Waals surface area contributed by atoms with Crippen molar-refractivity contribution in [1.82, 2.24) is 0 Å². The Balaban J connectivity index is 3.43. The number of ether oxygens (including phenoxy) is 1. The molecule has 0 spiro atoms. The van der Waals surface area contributed by atoms with Gasteiger partial charge >= 0.3 is 0 Å². The largest absolute Gasteiger partial charge is 0.545 e. The summed E-state index contributed by atoms with van der Waals surface area (Å²) in [4.78, 5) is 10.6. The van der Waals surface area contributed by atoms with Crippen LogP contribution in [-0.2, 0) is 0 Å². The molecular weight excluding hydrogens is 215 g/mol. The van der Waals surface area contributed by atoms with Crippen molar-refractivity contribution in [3.05, 3.63) is 27.7 Å². The Morgan fingerprint density at radius 3 is 2.31 bits per heavy atom. The molecule has 5 heteroatoms. The minimum Gasteiger partial charge on any atom is -0.545 e. The van der Waals surface area contributed by atoms with Gasteiger partial charge in [0.2, 0.25) is 0 Å². The second kappa shape index (κ2) is 3.85. The molecule has 70 valence electrons. The lowest BCUT2D eigenvalue weighted by atomic mass is 10.2. The van der Waals surface area contributed by atoms with E-state index < -0.39 is 5.97 Å². The van der Waals surface area contributed by atoms with Gasteiger partial charge in [-0.15, -0.1) is 0 Å². The van der Waals surface area contributed by atoms with Crippen molar-refractivity contribution >= 4 is 29.2 Å². The topological polar surface area (TPSA) is 49.4 Å². The van der Waals surface area contributed by atoms with E-state index in [0.717, 1.165) is 0 Å². The molecule has 0 saturated heterocycles. The van der Waals surface area contributed by atoms with Crippen LogP contribution in [0.15, 0.2) is 12.1 Å². The van der Waals surface area contributed by atoms with Crippen LogP contribution in [0.3, 0.4) is 0 Å². The quantitative estimate of drug-likeness (QED) is 0.756. The third kappa shape index (κ3) is 1.87. The highest BCUT2D eigenvalue weighted by atomic mass is 35.5. The summed E-state index contributed by atoms with van der Waals surface area (Å²) in [6.45, 7) is 0. The van der Waals surface area contributed by atoms with Gasteiger partial charge in [0.05, 0.1) is 28.7 Å². The van der Waals surface area contributed by atoms with Gasteiger partial charge < -0.3 is 14.6 Å². The van der Waals surface area contributed by atoms with E-state index in [1.54, 1.807) is 0 Å². The number of carboxylic acids is 1.